The molecule has 0 bridgehead atoms. The van der Waals surface area contributed by atoms with E-state index in [1.165, 1.54) is 0 Å². The number of hydrogen-bond acceptors (Lipinski definition) is 0. The number of hydrogen-bond donors (Lipinski definition) is 0. The summed E-state index contributed by atoms with van der Waals surface area (Å²) < 4.78 is -1.55. The minimum Gasteiger partial charge on any atom is -0.101 e. The first kappa shape index (κ1) is 13.7. The number of rotatable bonds is 0. The standard InChI is InChI=1S/C6H6.C2HCl5/c1-2-4-6-5-3-1;3-1(4)2(5,6)7/h1-6H;1H. The molecule has 1 aromatic rings. The van der Waals surface area contributed by atoms with Crippen molar-refractivity contribution in [1.29, 1.82) is 0 Å². The van der Waals surface area contributed by atoms with E-state index in [2.05, 4.69) is 0 Å². The van der Waals surface area contributed by atoms with Gasteiger partial charge in [-0.2, -0.15) is 0 Å². The van der Waals surface area contributed by atoms with E-state index in [4.69, 9.17) is 58.0 Å². The molecular weight excluding hydrogens is 273 g/mol. The molecule has 0 saturated carbocycles. The van der Waals surface area contributed by atoms with E-state index in [1.807, 2.05) is 36.4 Å². The number of benzene rings is 1. The van der Waals surface area contributed by atoms with Crippen molar-refractivity contribution in [2.75, 3.05) is 0 Å². The van der Waals surface area contributed by atoms with Crippen molar-refractivity contribution in [3.05, 3.63) is 36.4 Å². The summed E-state index contributed by atoms with van der Waals surface area (Å²) in [5, 5.41) is 0. The molecule has 0 radical (unpaired) electrons. The van der Waals surface area contributed by atoms with Crippen LogP contribution in [-0.2, 0) is 0 Å². The normalized spacial score (nSPS) is 10.6. The maximum absolute atomic E-state index is 5.14. The van der Waals surface area contributed by atoms with Gasteiger partial charge < -0.3 is 0 Å². The molecule has 0 aliphatic carbocycles. The lowest BCUT2D eigenvalue weighted by Gasteiger charge is -2.09. The van der Waals surface area contributed by atoms with Crippen LogP contribution < -0.4 is 0 Å². The van der Waals surface area contributed by atoms with Gasteiger partial charge in [-0.1, -0.05) is 71.2 Å². The summed E-state index contributed by atoms with van der Waals surface area (Å²) >= 11 is 25.7. The molecule has 74 valence electrons. The number of halogens is 5. The van der Waals surface area contributed by atoms with Gasteiger partial charge in [0.05, 0.1) is 0 Å². The van der Waals surface area contributed by atoms with Gasteiger partial charge in [-0.15, -0.1) is 23.2 Å². The van der Waals surface area contributed by atoms with Crippen LogP contribution in [0.25, 0.3) is 0 Å². The van der Waals surface area contributed by atoms with Gasteiger partial charge in [0.25, 0.3) is 0 Å². The second-order valence-corrected chi connectivity index (χ2v) is 5.46. The van der Waals surface area contributed by atoms with Gasteiger partial charge in [0.2, 0.25) is 3.79 Å². The zero-order chi connectivity index (χ0) is 10.3. The molecule has 0 unspecified atom stereocenters. The van der Waals surface area contributed by atoms with Crippen molar-refractivity contribution < 1.29 is 0 Å². The zero-order valence-corrected chi connectivity index (χ0v) is 10.2. The summed E-state index contributed by atoms with van der Waals surface area (Å²) in [5.74, 6) is 0. The lowest BCUT2D eigenvalue weighted by Crippen LogP contribution is -2.11. The van der Waals surface area contributed by atoms with Crippen LogP contribution in [0.2, 0.25) is 0 Å². The molecule has 13 heavy (non-hydrogen) atoms. The summed E-state index contributed by atoms with van der Waals surface area (Å²) in [6.07, 6.45) is 0. The van der Waals surface area contributed by atoms with Gasteiger partial charge in [-0.05, 0) is 0 Å². The lowest BCUT2D eigenvalue weighted by molar-refractivity contribution is 1.19. The van der Waals surface area contributed by atoms with Crippen molar-refractivity contribution in [2.45, 2.75) is 8.63 Å². The SMILES string of the molecule is ClC(Cl)C(Cl)(Cl)Cl.c1ccccc1. The molecular formula is C8H7Cl5. The van der Waals surface area contributed by atoms with E-state index >= 15 is 0 Å². The summed E-state index contributed by atoms with van der Waals surface area (Å²) in [7, 11) is 0. The molecule has 5 heteroatoms. The molecule has 0 spiro atoms. The van der Waals surface area contributed by atoms with E-state index in [9.17, 15) is 0 Å². The first-order chi connectivity index (χ1) is 5.94. The fourth-order valence-corrected chi connectivity index (χ4v) is 0.385. The predicted octanol–water partition coefficient (Wildman–Crippen LogP) is 4.85. The molecule has 0 heterocycles. The van der Waals surface area contributed by atoms with Crippen LogP contribution in [0.3, 0.4) is 0 Å². The Morgan fingerprint density at radius 2 is 0.846 bits per heavy atom. The molecule has 0 aliphatic rings. The van der Waals surface area contributed by atoms with Crippen LogP contribution >= 0.6 is 58.0 Å². The van der Waals surface area contributed by atoms with Gasteiger partial charge in [0.1, 0.15) is 0 Å². The van der Waals surface area contributed by atoms with Crippen molar-refractivity contribution in [2.24, 2.45) is 0 Å². The Morgan fingerprint density at radius 3 is 0.923 bits per heavy atom. The van der Waals surface area contributed by atoms with E-state index in [0.717, 1.165) is 0 Å². The predicted molar refractivity (Wildman–Crippen MR) is 62.2 cm³/mol. The first-order valence-corrected chi connectivity index (χ1v) is 5.30. The third kappa shape index (κ3) is 8.99. The highest BCUT2D eigenvalue weighted by Crippen LogP contribution is 2.35. The average molecular weight is 280 g/mol. The minimum atomic E-state index is -1.55. The van der Waals surface area contributed by atoms with E-state index in [-0.39, 0.29) is 0 Å². The van der Waals surface area contributed by atoms with Crippen molar-refractivity contribution >= 4 is 58.0 Å². The second kappa shape index (κ2) is 7.03. The van der Waals surface area contributed by atoms with Crippen LogP contribution in [0.1, 0.15) is 0 Å². The molecule has 0 aromatic heterocycles. The molecule has 0 atom stereocenters. The van der Waals surface area contributed by atoms with Crippen LogP contribution in [0.15, 0.2) is 36.4 Å². The molecule has 1 rings (SSSR count). The Balaban J connectivity index is 0.000000223. The van der Waals surface area contributed by atoms with Crippen LogP contribution in [0.5, 0.6) is 0 Å². The van der Waals surface area contributed by atoms with E-state index < -0.39 is 8.63 Å². The lowest BCUT2D eigenvalue weighted by atomic mass is 10.4. The van der Waals surface area contributed by atoms with Gasteiger partial charge in [-0.3, -0.25) is 0 Å². The summed E-state index contributed by atoms with van der Waals surface area (Å²) in [6.45, 7) is 0. The summed E-state index contributed by atoms with van der Waals surface area (Å²) in [6, 6.07) is 12.0. The molecule has 0 saturated heterocycles. The maximum atomic E-state index is 5.14. The van der Waals surface area contributed by atoms with Gasteiger partial charge in [-0.25, -0.2) is 0 Å². The first-order valence-electron chi connectivity index (χ1n) is 3.29. The second-order valence-electron chi connectivity index (χ2n) is 2.00. The van der Waals surface area contributed by atoms with Crippen LogP contribution in [0.4, 0.5) is 0 Å². The van der Waals surface area contributed by atoms with Crippen molar-refractivity contribution in [3.8, 4) is 0 Å². The average Bonchev–Trinajstić information content (AvgIpc) is 2.07. The summed E-state index contributed by atoms with van der Waals surface area (Å²) in [4.78, 5) is -0.961. The Hall–Kier alpha value is 0.670. The Morgan fingerprint density at radius 1 is 0.692 bits per heavy atom. The fraction of sp³-hybridized carbons (Fsp3) is 0.250. The Labute approximate surface area is 103 Å². The highest BCUT2D eigenvalue weighted by molar-refractivity contribution is 6.73. The minimum absolute atomic E-state index is 0.961. The zero-order valence-electron chi connectivity index (χ0n) is 6.43. The topological polar surface area (TPSA) is 0 Å². The Bertz CT molecular complexity index is 177. The molecule has 0 nitrogen and oxygen atoms in total. The molecule has 0 fully saturated rings. The van der Waals surface area contributed by atoms with Crippen molar-refractivity contribution in [1.82, 2.24) is 0 Å². The highest BCUT2D eigenvalue weighted by Gasteiger charge is 2.28. The van der Waals surface area contributed by atoms with Gasteiger partial charge >= 0.3 is 0 Å². The van der Waals surface area contributed by atoms with Gasteiger partial charge in [0, 0.05) is 0 Å². The largest absolute Gasteiger partial charge is 0.220 e. The fourth-order valence-electron chi connectivity index (χ4n) is 0.385. The summed E-state index contributed by atoms with van der Waals surface area (Å²) in [5.41, 5.74) is 0. The molecule has 0 N–H and O–H groups in total. The maximum Gasteiger partial charge on any atom is 0.220 e. The monoisotopic (exact) mass is 278 g/mol. The number of alkyl halides is 5. The van der Waals surface area contributed by atoms with E-state index in [1.54, 1.807) is 0 Å². The van der Waals surface area contributed by atoms with Crippen LogP contribution in [-0.4, -0.2) is 8.63 Å². The molecule has 1 aromatic carbocycles. The smallest absolute Gasteiger partial charge is 0.101 e. The molecule has 0 amide bonds. The van der Waals surface area contributed by atoms with Crippen molar-refractivity contribution in [3.63, 3.8) is 0 Å². The van der Waals surface area contributed by atoms with E-state index in [0.29, 0.717) is 0 Å². The third-order valence-corrected chi connectivity index (χ3v) is 2.89. The quantitative estimate of drug-likeness (QED) is 0.596. The molecule has 0 aliphatic heterocycles. The third-order valence-electron chi connectivity index (χ3n) is 0.914. The van der Waals surface area contributed by atoms with Gasteiger partial charge in [0.15, 0.2) is 4.84 Å². The van der Waals surface area contributed by atoms with Crippen LogP contribution in [0, 0.1) is 0 Å². The Kier molecular flexibility index (Phi) is 7.39. The highest BCUT2D eigenvalue weighted by atomic mass is 35.6.